The molecule has 7 heteroatoms. The molecule has 150 valence electrons. The number of nitrogens with one attached hydrogen (secondary N) is 2. The number of methoxy groups -OCH3 is 1. The molecule has 2 N–H and O–H groups in total. The summed E-state index contributed by atoms with van der Waals surface area (Å²) in [6.07, 6.45) is 3.38. The van der Waals surface area contributed by atoms with Crippen molar-refractivity contribution in [1.82, 2.24) is 14.6 Å². The van der Waals surface area contributed by atoms with Crippen LogP contribution in [0.25, 0.3) is 10.9 Å². The summed E-state index contributed by atoms with van der Waals surface area (Å²) in [5, 5.41) is 0.953. The number of para-hydroxylation sites is 1. The lowest BCUT2D eigenvalue weighted by atomic mass is 10.1. The topological polar surface area (TPSA) is 74.4 Å². The third kappa shape index (κ3) is 4.73. The Balaban J connectivity index is 1.73. The first kappa shape index (κ1) is 20.4. The fourth-order valence-electron chi connectivity index (χ4n) is 3.19. The summed E-state index contributed by atoms with van der Waals surface area (Å²) in [4.78, 5) is 5.61. The Morgan fingerprint density at radius 2 is 1.86 bits per heavy atom. The van der Waals surface area contributed by atoms with E-state index in [2.05, 4.69) is 14.6 Å². The Morgan fingerprint density at radius 1 is 1.07 bits per heavy atom. The predicted octanol–water partition coefficient (Wildman–Crippen LogP) is 2.80. The second-order valence-electron chi connectivity index (χ2n) is 7.03. The van der Waals surface area contributed by atoms with Crippen LogP contribution in [0.5, 0.6) is 5.75 Å². The van der Waals surface area contributed by atoms with Crippen LogP contribution in [0.15, 0.2) is 53.6 Å². The lowest BCUT2D eigenvalue weighted by Crippen LogP contribution is -2.26. The highest BCUT2D eigenvalue weighted by Crippen LogP contribution is 2.23. The number of nitrogens with zero attached hydrogens (tertiary/aromatic N) is 1. The maximum Gasteiger partial charge on any atom is 0.240 e. The van der Waals surface area contributed by atoms with Gasteiger partial charge in [0.05, 0.1) is 12.0 Å². The van der Waals surface area contributed by atoms with Gasteiger partial charge in [0, 0.05) is 30.2 Å². The lowest BCUT2D eigenvalue weighted by molar-refractivity contribution is 0.409. The van der Waals surface area contributed by atoms with Crippen molar-refractivity contribution in [2.75, 3.05) is 34.3 Å². The smallest absolute Gasteiger partial charge is 0.240 e. The minimum atomic E-state index is -3.58. The zero-order valence-electron chi connectivity index (χ0n) is 16.5. The van der Waals surface area contributed by atoms with Crippen molar-refractivity contribution >= 4 is 20.9 Å². The number of sulfonamides is 1. The number of hydrogen-bond acceptors (Lipinski definition) is 4. The zero-order valence-corrected chi connectivity index (χ0v) is 17.3. The molecule has 0 saturated carbocycles. The molecule has 3 aromatic rings. The van der Waals surface area contributed by atoms with Crippen LogP contribution in [0.4, 0.5) is 0 Å². The molecule has 0 aliphatic carbocycles. The van der Waals surface area contributed by atoms with Gasteiger partial charge in [-0.05, 0) is 62.3 Å². The van der Waals surface area contributed by atoms with Gasteiger partial charge in [-0.25, -0.2) is 13.1 Å². The molecular formula is C21H27N3O3S. The van der Waals surface area contributed by atoms with Gasteiger partial charge < -0.3 is 14.6 Å². The summed E-state index contributed by atoms with van der Waals surface area (Å²) in [6.45, 7) is 1.21. The summed E-state index contributed by atoms with van der Waals surface area (Å²) in [5.41, 5.74) is 3.04. The molecule has 0 saturated heterocycles. The Labute approximate surface area is 166 Å². The largest absolute Gasteiger partial charge is 0.496 e. The molecule has 1 heterocycles. The third-order valence-electron chi connectivity index (χ3n) is 4.76. The first-order chi connectivity index (χ1) is 13.4. The average Bonchev–Trinajstić information content (AvgIpc) is 3.09. The first-order valence-corrected chi connectivity index (χ1v) is 10.8. The van der Waals surface area contributed by atoms with Crippen LogP contribution in [0.2, 0.25) is 0 Å². The molecule has 0 aliphatic heterocycles. The van der Waals surface area contributed by atoms with E-state index in [0.717, 1.165) is 40.7 Å². The molecule has 28 heavy (non-hydrogen) atoms. The summed E-state index contributed by atoms with van der Waals surface area (Å²) < 4.78 is 33.5. The highest BCUT2D eigenvalue weighted by Gasteiger charge is 2.16. The summed E-state index contributed by atoms with van der Waals surface area (Å²) in [7, 11) is 2.08. The van der Waals surface area contributed by atoms with Gasteiger partial charge in [-0.3, -0.25) is 0 Å². The van der Waals surface area contributed by atoms with Crippen LogP contribution in [0, 0.1) is 0 Å². The Bertz CT molecular complexity index is 1040. The number of fused-ring (bicyclic) bond motifs is 1. The van der Waals surface area contributed by atoms with Crippen LogP contribution >= 0.6 is 0 Å². The quantitative estimate of drug-likeness (QED) is 0.578. The number of ether oxygens (including phenoxy) is 1. The summed E-state index contributed by atoms with van der Waals surface area (Å²) >= 11 is 0. The van der Waals surface area contributed by atoms with Gasteiger partial charge in [0.1, 0.15) is 5.75 Å². The standard InChI is InChI=1S/C21H27N3O3S/c1-24(2)13-11-17-15-22-20-9-8-18(14-19(17)20)28(25,26)23-12-10-16-6-4-5-7-21(16)27-3/h4-9,14-15,22-23H,10-13H2,1-3H3. The maximum absolute atomic E-state index is 12.8. The van der Waals surface area contributed by atoms with Crippen LogP contribution in [-0.4, -0.2) is 52.6 Å². The molecule has 6 nitrogen and oxygen atoms in total. The molecule has 2 aromatic carbocycles. The lowest BCUT2D eigenvalue weighted by Gasteiger charge is -2.10. The Hall–Kier alpha value is -2.35. The van der Waals surface area contributed by atoms with E-state index in [-0.39, 0.29) is 4.90 Å². The fraction of sp³-hybridized carbons (Fsp3) is 0.333. The first-order valence-electron chi connectivity index (χ1n) is 9.27. The summed E-state index contributed by atoms with van der Waals surface area (Å²) in [5.74, 6) is 0.765. The third-order valence-corrected chi connectivity index (χ3v) is 6.22. The predicted molar refractivity (Wildman–Crippen MR) is 112 cm³/mol. The van der Waals surface area contributed by atoms with E-state index in [1.807, 2.05) is 50.6 Å². The maximum atomic E-state index is 12.8. The monoisotopic (exact) mass is 401 g/mol. The van der Waals surface area contributed by atoms with Crippen molar-refractivity contribution < 1.29 is 13.2 Å². The number of rotatable bonds is 9. The normalized spacial score (nSPS) is 12.0. The van der Waals surface area contributed by atoms with Crippen LogP contribution in [0.3, 0.4) is 0 Å². The molecule has 0 spiro atoms. The zero-order chi connectivity index (χ0) is 20.1. The second kappa shape index (κ2) is 8.77. The van der Waals surface area contributed by atoms with E-state index in [1.165, 1.54) is 0 Å². The number of H-pyrrole nitrogens is 1. The highest BCUT2D eigenvalue weighted by molar-refractivity contribution is 7.89. The Kier molecular flexibility index (Phi) is 6.39. The van der Waals surface area contributed by atoms with Crippen molar-refractivity contribution in [3.8, 4) is 5.75 Å². The molecule has 0 amide bonds. The molecule has 0 radical (unpaired) electrons. The van der Waals surface area contributed by atoms with Crippen molar-refractivity contribution in [2.45, 2.75) is 17.7 Å². The average molecular weight is 402 g/mol. The van der Waals surface area contributed by atoms with E-state index >= 15 is 0 Å². The molecule has 1 aromatic heterocycles. The number of benzene rings is 2. The van der Waals surface area contributed by atoms with Gasteiger partial charge in [0.2, 0.25) is 10.0 Å². The van der Waals surface area contributed by atoms with E-state index in [0.29, 0.717) is 13.0 Å². The van der Waals surface area contributed by atoms with E-state index in [9.17, 15) is 8.42 Å². The minimum Gasteiger partial charge on any atom is -0.496 e. The molecule has 0 fully saturated rings. The minimum absolute atomic E-state index is 0.283. The molecular weight excluding hydrogens is 374 g/mol. The van der Waals surface area contributed by atoms with Crippen molar-refractivity contribution in [2.24, 2.45) is 0 Å². The van der Waals surface area contributed by atoms with E-state index < -0.39 is 10.0 Å². The van der Waals surface area contributed by atoms with Crippen molar-refractivity contribution in [3.63, 3.8) is 0 Å². The summed E-state index contributed by atoms with van der Waals surface area (Å²) in [6, 6.07) is 12.8. The fourth-order valence-corrected chi connectivity index (χ4v) is 4.25. The Morgan fingerprint density at radius 3 is 2.61 bits per heavy atom. The number of likely N-dealkylation sites (N-methyl/N-ethyl adjacent to an activating group) is 1. The molecule has 0 bridgehead atoms. The molecule has 3 rings (SSSR count). The van der Waals surface area contributed by atoms with Crippen molar-refractivity contribution in [3.05, 3.63) is 59.8 Å². The van der Waals surface area contributed by atoms with Gasteiger partial charge >= 0.3 is 0 Å². The van der Waals surface area contributed by atoms with Gasteiger partial charge in [-0.2, -0.15) is 0 Å². The van der Waals surface area contributed by atoms with Gasteiger partial charge in [-0.15, -0.1) is 0 Å². The number of aromatic amines is 1. The number of hydrogen-bond donors (Lipinski definition) is 2. The molecule has 0 aliphatic rings. The van der Waals surface area contributed by atoms with Crippen LogP contribution < -0.4 is 9.46 Å². The van der Waals surface area contributed by atoms with Gasteiger partial charge in [-0.1, -0.05) is 18.2 Å². The van der Waals surface area contributed by atoms with Crippen molar-refractivity contribution in [1.29, 1.82) is 0 Å². The van der Waals surface area contributed by atoms with Gasteiger partial charge in [0.15, 0.2) is 0 Å². The SMILES string of the molecule is COc1ccccc1CCNS(=O)(=O)c1ccc2[nH]cc(CCN(C)C)c2c1. The van der Waals surface area contributed by atoms with Crippen LogP contribution in [0.1, 0.15) is 11.1 Å². The molecule has 0 atom stereocenters. The second-order valence-corrected chi connectivity index (χ2v) is 8.80. The highest BCUT2D eigenvalue weighted by atomic mass is 32.2. The van der Waals surface area contributed by atoms with E-state index in [1.54, 1.807) is 19.2 Å². The molecule has 0 unspecified atom stereocenters. The van der Waals surface area contributed by atoms with Gasteiger partial charge in [0.25, 0.3) is 0 Å². The van der Waals surface area contributed by atoms with Crippen LogP contribution in [-0.2, 0) is 22.9 Å². The number of aromatic nitrogens is 1. The van der Waals surface area contributed by atoms with E-state index in [4.69, 9.17) is 4.74 Å².